The van der Waals surface area contributed by atoms with Crippen LogP contribution in [-0.2, 0) is 4.79 Å². The molecular weight excluding hydrogens is 352 g/mol. The molecule has 1 aromatic heterocycles. The first-order valence-electron chi connectivity index (χ1n) is 8.69. The molecule has 25 heavy (non-hydrogen) atoms. The van der Waals surface area contributed by atoms with E-state index >= 15 is 0 Å². The van der Waals surface area contributed by atoms with E-state index in [1.54, 1.807) is 0 Å². The van der Waals surface area contributed by atoms with Crippen LogP contribution >= 0.6 is 23.1 Å². The van der Waals surface area contributed by atoms with Crippen molar-refractivity contribution >= 4 is 39.8 Å². The highest BCUT2D eigenvalue weighted by Gasteiger charge is 2.25. The lowest BCUT2D eigenvalue weighted by molar-refractivity contribution is -0.129. The molecule has 0 radical (unpaired) electrons. The first-order chi connectivity index (χ1) is 12.0. The van der Waals surface area contributed by atoms with Gasteiger partial charge in [-0.25, -0.2) is 0 Å². The van der Waals surface area contributed by atoms with Crippen molar-refractivity contribution in [3.8, 4) is 0 Å². The summed E-state index contributed by atoms with van der Waals surface area (Å²) in [5.74, 6) is 0.727. The van der Waals surface area contributed by atoms with E-state index in [0.717, 1.165) is 41.1 Å². The Kier molecular flexibility index (Phi) is 5.96. The second kappa shape index (κ2) is 8.19. The number of aromatic nitrogens is 2. The highest BCUT2D eigenvalue weighted by Crippen LogP contribution is 2.31. The number of amides is 1. The molecule has 1 aliphatic rings. The van der Waals surface area contributed by atoms with Crippen molar-refractivity contribution < 1.29 is 4.79 Å². The number of carbonyl (C=O) groups excluding carboxylic acids is 1. The zero-order valence-corrected chi connectivity index (χ0v) is 16.5. The molecule has 0 bridgehead atoms. The number of nitrogens with one attached hydrogen (secondary N) is 1. The molecule has 2 heterocycles. The maximum absolute atomic E-state index is 12.4. The number of nitrogens with zero attached hydrogens (tertiary/aromatic N) is 3. The van der Waals surface area contributed by atoms with Gasteiger partial charge < -0.3 is 10.2 Å². The summed E-state index contributed by atoms with van der Waals surface area (Å²) < 4.78 is 0.821. The smallest absolute Gasteiger partial charge is 0.235 e. The molecule has 1 aromatic carbocycles. The Morgan fingerprint density at radius 2 is 1.84 bits per heavy atom. The van der Waals surface area contributed by atoms with E-state index in [4.69, 9.17) is 0 Å². The topological polar surface area (TPSA) is 58.1 Å². The molecule has 1 fully saturated rings. The fourth-order valence-corrected chi connectivity index (χ4v) is 4.78. The molecule has 1 atom stereocenters. The lowest BCUT2D eigenvalue weighted by atomic mass is 10.0. The summed E-state index contributed by atoms with van der Waals surface area (Å²) in [7, 11) is 0. The van der Waals surface area contributed by atoms with Gasteiger partial charge in [0.15, 0.2) is 4.34 Å². The van der Waals surface area contributed by atoms with E-state index in [2.05, 4.69) is 53.6 Å². The average Bonchev–Trinajstić information content (AvgIpc) is 3.27. The number of hydrogen-bond donors (Lipinski definition) is 1. The van der Waals surface area contributed by atoms with Crippen LogP contribution in [0.3, 0.4) is 0 Å². The van der Waals surface area contributed by atoms with Gasteiger partial charge in [-0.3, -0.25) is 4.79 Å². The third-order valence-corrected chi connectivity index (χ3v) is 6.29. The molecule has 1 amide bonds. The van der Waals surface area contributed by atoms with Crippen LogP contribution < -0.4 is 5.32 Å². The van der Waals surface area contributed by atoms with Crippen molar-refractivity contribution in [3.63, 3.8) is 0 Å². The van der Waals surface area contributed by atoms with E-state index in [9.17, 15) is 4.79 Å². The molecule has 5 nitrogen and oxygen atoms in total. The summed E-state index contributed by atoms with van der Waals surface area (Å²) in [5, 5.41) is 12.3. The average molecular weight is 377 g/mol. The van der Waals surface area contributed by atoms with Crippen molar-refractivity contribution in [2.75, 3.05) is 18.4 Å². The molecule has 2 aromatic rings. The fraction of sp³-hybridized carbons (Fsp3) is 0.500. The van der Waals surface area contributed by atoms with Gasteiger partial charge in [0.2, 0.25) is 11.0 Å². The number of rotatable bonds is 6. The SMILES string of the molecule is CC(C)c1ccc(Nc2nnc(S[C@H](C)C(=O)N3CCCC3)s2)cc1. The number of likely N-dealkylation sites (tertiary alicyclic amines) is 1. The minimum Gasteiger partial charge on any atom is -0.342 e. The van der Waals surface area contributed by atoms with Gasteiger partial charge >= 0.3 is 0 Å². The number of hydrogen-bond acceptors (Lipinski definition) is 6. The molecule has 3 rings (SSSR count). The second-order valence-electron chi connectivity index (χ2n) is 6.57. The van der Waals surface area contributed by atoms with Crippen LogP contribution in [0.25, 0.3) is 0 Å². The van der Waals surface area contributed by atoms with Gasteiger partial charge in [0.25, 0.3) is 0 Å². The van der Waals surface area contributed by atoms with Crippen molar-refractivity contribution in [3.05, 3.63) is 29.8 Å². The minimum absolute atomic E-state index is 0.121. The van der Waals surface area contributed by atoms with Gasteiger partial charge in [-0.1, -0.05) is 49.1 Å². The Morgan fingerprint density at radius 3 is 2.48 bits per heavy atom. The van der Waals surface area contributed by atoms with E-state index < -0.39 is 0 Å². The standard InChI is InChI=1S/C18H24N4OS2/c1-12(2)14-6-8-15(9-7-14)19-17-20-21-18(25-17)24-13(3)16(23)22-10-4-5-11-22/h6-9,12-13H,4-5,10-11H2,1-3H3,(H,19,20)/t13-/m1/s1. The van der Waals surface area contributed by atoms with Crippen LogP contribution in [0, 0.1) is 0 Å². The molecule has 0 saturated carbocycles. The van der Waals surface area contributed by atoms with Gasteiger partial charge in [0.1, 0.15) is 0 Å². The lowest BCUT2D eigenvalue weighted by Crippen LogP contribution is -2.33. The number of anilines is 2. The fourth-order valence-electron chi connectivity index (χ4n) is 2.78. The first kappa shape index (κ1) is 18.2. The third kappa shape index (κ3) is 4.73. The van der Waals surface area contributed by atoms with E-state index in [-0.39, 0.29) is 11.2 Å². The van der Waals surface area contributed by atoms with Gasteiger partial charge in [-0.05, 0) is 43.4 Å². The van der Waals surface area contributed by atoms with E-state index in [0.29, 0.717) is 5.92 Å². The molecule has 1 N–H and O–H groups in total. The quantitative estimate of drug-likeness (QED) is 0.752. The molecule has 0 unspecified atom stereocenters. The highest BCUT2D eigenvalue weighted by atomic mass is 32.2. The Labute approximate surface area is 157 Å². The Balaban J connectivity index is 1.57. The number of carbonyl (C=O) groups is 1. The van der Waals surface area contributed by atoms with Crippen LogP contribution in [0.5, 0.6) is 0 Å². The molecule has 0 spiro atoms. The Morgan fingerprint density at radius 1 is 1.16 bits per heavy atom. The van der Waals surface area contributed by atoms with Crippen LogP contribution in [-0.4, -0.2) is 39.3 Å². The molecule has 7 heteroatoms. The van der Waals surface area contributed by atoms with Crippen LogP contribution in [0.15, 0.2) is 28.6 Å². The summed E-state index contributed by atoms with van der Waals surface area (Å²) in [5.41, 5.74) is 2.31. The third-order valence-electron chi connectivity index (χ3n) is 4.28. The summed E-state index contributed by atoms with van der Waals surface area (Å²) in [6.07, 6.45) is 2.23. The first-order valence-corrected chi connectivity index (χ1v) is 10.4. The summed E-state index contributed by atoms with van der Waals surface area (Å²) in [4.78, 5) is 14.3. The predicted octanol–water partition coefficient (Wildman–Crippen LogP) is 4.51. The molecule has 134 valence electrons. The maximum atomic E-state index is 12.4. The second-order valence-corrected chi connectivity index (χ2v) is 9.13. The van der Waals surface area contributed by atoms with E-state index in [1.807, 2.05) is 11.8 Å². The van der Waals surface area contributed by atoms with Gasteiger partial charge in [0.05, 0.1) is 5.25 Å². The zero-order chi connectivity index (χ0) is 17.8. The number of thioether (sulfide) groups is 1. The van der Waals surface area contributed by atoms with Crippen molar-refractivity contribution in [1.29, 1.82) is 0 Å². The predicted molar refractivity (Wildman–Crippen MR) is 105 cm³/mol. The van der Waals surface area contributed by atoms with Crippen LogP contribution in [0.4, 0.5) is 10.8 Å². The molecule has 1 aliphatic heterocycles. The monoisotopic (exact) mass is 376 g/mol. The summed E-state index contributed by atoms with van der Waals surface area (Å²) in [6, 6.07) is 8.37. The Hall–Kier alpha value is -1.60. The zero-order valence-electron chi connectivity index (χ0n) is 14.9. The largest absolute Gasteiger partial charge is 0.342 e. The van der Waals surface area contributed by atoms with Crippen molar-refractivity contribution in [2.24, 2.45) is 0 Å². The Bertz CT molecular complexity index is 708. The molecular formula is C18H24N4OS2. The van der Waals surface area contributed by atoms with Crippen molar-refractivity contribution in [2.45, 2.75) is 49.1 Å². The maximum Gasteiger partial charge on any atom is 0.235 e. The minimum atomic E-state index is -0.121. The highest BCUT2D eigenvalue weighted by molar-refractivity contribution is 8.02. The van der Waals surface area contributed by atoms with Gasteiger partial charge in [0, 0.05) is 18.8 Å². The normalized spacial score (nSPS) is 15.6. The van der Waals surface area contributed by atoms with Gasteiger partial charge in [-0.15, -0.1) is 10.2 Å². The molecule has 1 saturated heterocycles. The summed E-state index contributed by atoms with van der Waals surface area (Å²) in [6.45, 7) is 8.09. The number of benzene rings is 1. The summed E-state index contributed by atoms with van der Waals surface area (Å²) >= 11 is 2.98. The van der Waals surface area contributed by atoms with E-state index in [1.165, 1.54) is 28.7 Å². The van der Waals surface area contributed by atoms with Crippen LogP contribution in [0.2, 0.25) is 0 Å². The van der Waals surface area contributed by atoms with Crippen molar-refractivity contribution in [1.82, 2.24) is 15.1 Å². The van der Waals surface area contributed by atoms with Crippen LogP contribution in [0.1, 0.15) is 45.1 Å². The molecule has 0 aliphatic carbocycles. The lowest BCUT2D eigenvalue weighted by Gasteiger charge is -2.18. The van der Waals surface area contributed by atoms with Gasteiger partial charge in [-0.2, -0.15) is 0 Å².